The van der Waals surface area contributed by atoms with E-state index in [1.807, 2.05) is 0 Å². The van der Waals surface area contributed by atoms with E-state index in [1.165, 1.54) is 6.07 Å². The Morgan fingerprint density at radius 2 is 1.65 bits per heavy atom. The van der Waals surface area contributed by atoms with Crippen molar-refractivity contribution in [1.82, 2.24) is 4.98 Å². The number of hydrogen-bond acceptors (Lipinski definition) is 4. The maximum absolute atomic E-state index is 13.5. The average Bonchev–Trinajstić information content (AvgIpc) is 2.88. The Bertz CT molecular complexity index is 1330. The monoisotopic (exact) mass is 489 g/mol. The summed E-state index contributed by atoms with van der Waals surface area (Å²) in [7, 11) is -4.07. The molecule has 4 rings (SSSR count). The number of nitrogens with one attached hydrogen (secondary N) is 1. The second-order valence-corrected chi connectivity index (χ2v) is 9.97. The zero-order valence-corrected chi connectivity index (χ0v) is 19.3. The Hall–Kier alpha value is -3.40. The van der Waals surface area contributed by atoms with Crippen molar-refractivity contribution in [3.8, 4) is 0 Å². The van der Waals surface area contributed by atoms with Crippen LogP contribution >= 0.6 is 0 Å². The van der Waals surface area contributed by atoms with E-state index in [1.54, 1.807) is 38.1 Å². The fourth-order valence-electron chi connectivity index (χ4n) is 3.98. The third-order valence-corrected chi connectivity index (χ3v) is 7.44. The van der Waals surface area contributed by atoms with Crippen molar-refractivity contribution in [2.45, 2.75) is 37.8 Å². The number of pyridine rings is 1. The molecule has 3 aromatic rings. The summed E-state index contributed by atoms with van der Waals surface area (Å²) >= 11 is 0. The van der Waals surface area contributed by atoms with E-state index in [9.17, 15) is 26.4 Å². The van der Waals surface area contributed by atoms with Crippen molar-refractivity contribution in [1.29, 1.82) is 0 Å². The number of amides is 1. The van der Waals surface area contributed by atoms with Crippen LogP contribution in [0.1, 0.15) is 39.3 Å². The standard InChI is InChI=1S/C24H22F3N3O3S/c1-15-12-18(13-16(2)28-15)23(31)29-20-8-5-17-4-3-11-30(34(32,33)22(17)14-20)21-9-6-19(7-10-21)24(25,26)27/h5-10,12-14H,3-4,11H2,1-2H3,(H,29,31). The molecule has 1 aliphatic rings. The lowest BCUT2D eigenvalue weighted by Crippen LogP contribution is -2.31. The van der Waals surface area contributed by atoms with Gasteiger partial charge in [-0.25, -0.2) is 8.42 Å². The molecule has 0 bridgehead atoms. The lowest BCUT2D eigenvalue weighted by molar-refractivity contribution is -0.137. The van der Waals surface area contributed by atoms with E-state index in [0.717, 1.165) is 28.6 Å². The van der Waals surface area contributed by atoms with Crippen molar-refractivity contribution >= 4 is 27.3 Å². The fraction of sp³-hybridized carbons (Fsp3) is 0.250. The minimum atomic E-state index is -4.51. The van der Waals surface area contributed by atoms with Gasteiger partial charge in [0, 0.05) is 29.2 Å². The third-order valence-electron chi connectivity index (χ3n) is 5.53. The van der Waals surface area contributed by atoms with Crippen LogP contribution in [-0.4, -0.2) is 25.9 Å². The summed E-state index contributed by atoms with van der Waals surface area (Å²) in [4.78, 5) is 17.0. The van der Waals surface area contributed by atoms with E-state index in [4.69, 9.17) is 0 Å². The van der Waals surface area contributed by atoms with Gasteiger partial charge in [-0.3, -0.25) is 14.1 Å². The van der Waals surface area contributed by atoms with Gasteiger partial charge in [0.2, 0.25) is 0 Å². The van der Waals surface area contributed by atoms with Crippen LogP contribution in [0.25, 0.3) is 0 Å². The highest BCUT2D eigenvalue weighted by molar-refractivity contribution is 7.92. The number of rotatable bonds is 3. The molecule has 0 saturated heterocycles. The first-order chi connectivity index (χ1) is 15.9. The number of carbonyl (C=O) groups is 1. The lowest BCUT2D eigenvalue weighted by Gasteiger charge is -2.23. The first kappa shape index (κ1) is 23.7. The Labute approximate surface area is 195 Å². The summed E-state index contributed by atoms with van der Waals surface area (Å²) in [6.45, 7) is 3.67. The van der Waals surface area contributed by atoms with Crippen LogP contribution in [0.4, 0.5) is 24.5 Å². The summed E-state index contributed by atoms with van der Waals surface area (Å²) in [5, 5.41) is 2.72. The molecule has 0 unspecified atom stereocenters. The molecule has 0 fully saturated rings. The Balaban J connectivity index is 1.66. The smallest absolute Gasteiger partial charge is 0.322 e. The van der Waals surface area contributed by atoms with Gasteiger partial charge >= 0.3 is 6.18 Å². The molecule has 0 aliphatic carbocycles. The quantitative estimate of drug-likeness (QED) is 0.555. The minimum absolute atomic E-state index is 0.0183. The van der Waals surface area contributed by atoms with E-state index in [0.29, 0.717) is 41.0 Å². The zero-order chi connectivity index (χ0) is 24.7. The van der Waals surface area contributed by atoms with Crippen molar-refractivity contribution in [3.63, 3.8) is 0 Å². The number of nitrogens with zero attached hydrogens (tertiary/aromatic N) is 2. The predicted molar refractivity (Wildman–Crippen MR) is 122 cm³/mol. The molecule has 1 N–H and O–H groups in total. The molecular formula is C24H22F3N3O3S. The first-order valence-corrected chi connectivity index (χ1v) is 12.0. The van der Waals surface area contributed by atoms with Crippen molar-refractivity contribution < 1.29 is 26.4 Å². The summed E-state index contributed by atoms with van der Waals surface area (Å²) in [5.74, 6) is -0.404. The number of benzene rings is 2. The molecule has 178 valence electrons. The van der Waals surface area contributed by atoms with Gasteiger partial charge in [0.1, 0.15) is 0 Å². The molecule has 1 amide bonds. The van der Waals surface area contributed by atoms with Gasteiger partial charge in [0.25, 0.3) is 15.9 Å². The van der Waals surface area contributed by atoms with Crippen LogP contribution in [0.3, 0.4) is 0 Å². The molecule has 10 heteroatoms. The third kappa shape index (κ3) is 4.77. The maximum Gasteiger partial charge on any atom is 0.416 e. The topological polar surface area (TPSA) is 79.4 Å². The van der Waals surface area contributed by atoms with Gasteiger partial charge in [-0.2, -0.15) is 13.2 Å². The van der Waals surface area contributed by atoms with Crippen LogP contribution in [0, 0.1) is 13.8 Å². The van der Waals surface area contributed by atoms with Crippen LogP contribution in [0.5, 0.6) is 0 Å². The highest BCUT2D eigenvalue weighted by Crippen LogP contribution is 2.34. The Morgan fingerprint density at radius 1 is 1.00 bits per heavy atom. The molecule has 1 aromatic heterocycles. The van der Waals surface area contributed by atoms with E-state index in [-0.39, 0.29) is 17.1 Å². The molecule has 0 radical (unpaired) electrons. The number of aromatic nitrogens is 1. The summed E-state index contributed by atoms with van der Waals surface area (Å²) in [5.41, 5.74) is 1.95. The van der Waals surface area contributed by atoms with Gasteiger partial charge in [0.15, 0.2) is 0 Å². The van der Waals surface area contributed by atoms with Gasteiger partial charge in [-0.05, 0) is 80.8 Å². The molecular weight excluding hydrogens is 467 g/mol. The summed E-state index contributed by atoms with van der Waals surface area (Å²) in [6, 6.07) is 12.0. The number of sulfonamides is 1. The predicted octanol–water partition coefficient (Wildman–Crippen LogP) is 5.11. The Kier molecular flexibility index (Phi) is 6.11. The maximum atomic E-state index is 13.5. The van der Waals surface area contributed by atoms with Gasteiger partial charge in [0.05, 0.1) is 16.1 Å². The molecule has 6 nitrogen and oxygen atoms in total. The van der Waals surface area contributed by atoms with E-state index < -0.39 is 27.7 Å². The second-order valence-electron chi connectivity index (χ2n) is 8.14. The molecule has 0 spiro atoms. The van der Waals surface area contributed by atoms with Gasteiger partial charge in [-0.15, -0.1) is 0 Å². The fourth-order valence-corrected chi connectivity index (χ4v) is 5.77. The zero-order valence-electron chi connectivity index (χ0n) is 18.5. The highest BCUT2D eigenvalue weighted by Gasteiger charge is 2.33. The SMILES string of the molecule is Cc1cc(C(=O)Nc2ccc3c(c2)S(=O)(=O)N(c2ccc(C(F)(F)F)cc2)CCC3)cc(C)n1. The van der Waals surface area contributed by atoms with Crippen LogP contribution in [0.2, 0.25) is 0 Å². The number of fused-ring (bicyclic) bond motifs is 1. The highest BCUT2D eigenvalue weighted by atomic mass is 32.2. The molecule has 34 heavy (non-hydrogen) atoms. The van der Waals surface area contributed by atoms with Gasteiger partial charge in [-0.1, -0.05) is 6.07 Å². The normalized spacial score (nSPS) is 15.4. The number of anilines is 2. The molecule has 2 heterocycles. The largest absolute Gasteiger partial charge is 0.416 e. The van der Waals surface area contributed by atoms with Crippen molar-refractivity contribution in [3.05, 3.63) is 82.7 Å². The first-order valence-electron chi connectivity index (χ1n) is 10.5. The summed E-state index contributed by atoms with van der Waals surface area (Å²) in [6.07, 6.45) is -3.54. The van der Waals surface area contributed by atoms with Crippen molar-refractivity contribution in [2.24, 2.45) is 0 Å². The van der Waals surface area contributed by atoms with Crippen LogP contribution < -0.4 is 9.62 Å². The van der Waals surface area contributed by atoms with E-state index in [2.05, 4.69) is 10.3 Å². The lowest BCUT2D eigenvalue weighted by atomic mass is 10.1. The minimum Gasteiger partial charge on any atom is -0.322 e. The number of hydrogen-bond donors (Lipinski definition) is 1. The molecule has 0 saturated carbocycles. The van der Waals surface area contributed by atoms with E-state index >= 15 is 0 Å². The second kappa shape index (κ2) is 8.75. The number of alkyl halides is 3. The Morgan fingerprint density at radius 3 is 2.26 bits per heavy atom. The number of aryl methyl sites for hydroxylation is 3. The molecule has 1 aliphatic heterocycles. The van der Waals surface area contributed by atoms with Crippen LogP contribution in [-0.2, 0) is 22.6 Å². The number of carbonyl (C=O) groups excluding carboxylic acids is 1. The van der Waals surface area contributed by atoms with Gasteiger partial charge < -0.3 is 5.32 Å². The molecule has 0 atom stereocenters. The van der Waals surface area contributed by atoms with Crippen LogP contribution in [0.15, 0.2) is 59.5 Å². The average molecular weight is 490 g/mol. The summed E-state index contributed by atoms with van der Waals surface area (Å²) < 4.78 is 66.8. The molecule has 2 aromatic carbocycles. The van der Waals surface area contributed by atoms with Crippen molar-refractivity contribution in [2.75, 3.05) is 16.2 Å². The number of halogens is 3.